The zero-order valence-electron chi connectivity index (χ0n) is 13.4. The van der Waals surface area contributed by atoms with Crippen LogP contribution in [0.4, 0.5) is 0 Å². The summed E-state index contributed by atoms with van der Waals surface area (Å²) in [6, 6.07) is 0. The summed E-state index contributed by atoms with van der Waals surface area (Å²) in [5, 5.41) is 2.77. The Morgan fingerprint density at radius 2 is 1.75 bits per heavy atom. The molecule has 0 saturated carbocycles. The van der Waals surface area contributed by atoms with Crippen LogP contribution in [-0.2, 0) is 19.1 Å². The summed E-state index contributed by atoms with van der Waals surface area (Å²) in [5.41, 5.74) is 0. The van der Waals surface area contributed by atoms with Gasteiger partial charge < -0.3 is 14.8 Å². The van der Waals surface area contributed by atoms with Gasteiger partial charge in [-0.05, 0) is 32.1 Å². The van der Waals surface area contributed by atoms with Crippen LogP contribution in [-0.4, -0.2) is 37.7 Å². The molecule has 0 aliphatic heterocycles. The minimum Gasteiger partial charge on any atom is -0.463 e. The van der Waals surface area contributed by atoms with Crippen molar-refractivity contribution in [2.45, 2.75) is 53.6 Å². The maximum Gasteiger partial charge on any atom is 0.306 e. The number of rotatable bonds is 10. The standard InChI is InChI=1S/C15H29NO4/c1-11(2)8-14(10-16-13(5)17)9-15(18)20-7-6-19-12(3)4/h11-12,14H,6-10H2,1-5H3,(H,16,17). The maximum absolute atomic E-state index is 11.7. The lowest BCUT2D eigenvalue weighted by Gasteiger charge is -2.18. The molecule has 1 N–H and O–H groups in total. The molecule has 0 heterocycles. The van der Waals surface area contributed by atoms with E-state index in [4.69, 9.17) is 9.47 Å². The Bertz CT molecular complexity index is 290. The van der Waals surface area contributed by atoms with Crippen molar-refractivity contribution >= 4 is 11.9 Å². The molecule has 1 atom stereocenters. The summed E-state index contributed by atoms with van der Waals surface area (Å²) in [6.07, 6.45) is 1.36. The highest BCUT2D eigenvalue weighted by atomic mass is 16.6. The van der Waals surface area contributed by atoms with Crippen molar-refractivity contribution in [1.29, 1.82) is 0 Å². The van der Waals surface area contributed by atoms with Crippen LogP contribution in [0.5, 0.6) is 0 Å². The fraction of sp³-hybridized carbons (Fsp3) is 0.867. The van der Waals surface area contributed by atoms with Gasteiger partial charge in [-0.25, -0.2) is 0 Å². The smallest absolute Gasteiger partial charge is 0.306 e. The molecule has 0 aliphatic rings. The average Bonchev–Trinajstić information content (AvgIpc) is 2.30. The first-order chi connectivity index (χ1) is 9.31. The molecule has 0 fully saturated rings. The highest BCUT2D eigenvalue weighted by Gasteiger charge is 2.17. The number of ether oxygens (including phenoxy) is 2. The molecule has 20 heavy (non-hydrogen) atoms. The third-order valence-corrected chi connectivity index (χ3v) is 2.70. The lowest BCUT2D eigenvalue weighted by molar-refractivity contribution is -0.147. The van der Waals surface area contributed by atoms with Gasteiger partial charge >= 0.3 is 5.97 Å². The molecule has 0 radical (unpaired) electrons. The quantitative estimate of drug-likeness (QED) is 0.494. The first kappa shape index (κ1) is 18.9. The van der Waals surface area contributed by atoms with Crippen LogP contribution >= 0.6 is 0 Å². The predicted molar refractivity (Wildman–Crippen MR) is 78.3 cm³/mol. The number of nitrogens with one attached hydrogen (secondary N) is 1. The maximum atomic E-state index is 11.7. The molecular weight excluding hydrogens is 258 g/mol. The Balaban J connectivity index is 4.00. The van der Waals surface area contributed by atoms with Crippen molar-refractivity contribution in [1.82, 2.24) is 5.32 Å². The Labute approximate surface area is 122 Å². The fourth-order valence-electron chi connectivity index (χ4n) is 1.93. The molecule has 0 aromatic heterocycles. The second kappa shape index (κ2) is 10.7. The van der Waals surface area contributed by atoms with Crippen LogP contribution in [0.1, 0.15) is 47.5 Å². The van der Waals surface area contributed by atoms with Gasteiger partial charge in [-0.3, -0.25) is 9.59 Å². The molecule has 0 rings (SSSR count). The third kappa shape index (κ3) is 12.0. The van der Waals surface area contributed by atoms with Crippen LogP contribution in [0.2, 0.25) is 0 Å². The van der Waals surface area contributed by atoms with Gasteiger partial charge in [0, 0.05) is 13.5 Å². The molecule has 0 spiro atoms. The molecule has 0 aromatic carbocycles. The van der Waals surface area contributed by atoms with E-state index in [1.54, 1.807) is 0 Å². The SMILES string of the molecule is CC(=O)NCC(CC(=O)OCCOC(C)C)CC(C)C. The molecule has 0 aromatic rings. The number of hydrogen-bond donors (Lipinski definition) is 1. The fourth-order valence-corrected chi connectivity index (χ4v) is 1.93. The van der Waals surface area contributed by atoms with E-state index in [2.05, 4.69) is 19.2 Å². The van der Waals surface area contributed by atoms with E-state index < -0.39 is 0 Å². The summed E-state index contributed by atoms with van der Waals surface area (Å²) < 4.78 is 10.4. The molecule has 5 nitrogen and oxygen atoms in total. The number of carbonyl (C=O) groups excluding carboxylic acids is 2. The Hall–Kier alpha value is -1.10. The van der Waals surface area contributed by atoms with Crippen LogP contribution in [0.15, 0.2) is 0 Å². The van der Waals surface area contributed by atoms with Gasteiger partial charge in [-0.1, -0.05) is 13.8 Å². The van der Waals surface area contributed by atoms with Crippen LogP contribution in [0.25, 0.3) is 0 Å². The van der Waals surface area contributed by atoms with Gasteiger partial charge in [-0.15, -0.1) is 0 Å². The number of carbonyl (C=O) groups is 2. The molecule has 5 heteroatoms. The topological polar surface area (TPSA) is 64.6 Å². The van der Waals surface area contributed by atoms with Crippen LogP contribution in [0, 0.1) is 11.8 Å². The van der Waals surface area contributed by atoms with Crippen molar-refractivity contribution < 1.29 is 19.1 Å². The first-order valence-electron chi connectivity index (χ1n) is 7.32. The van der Waals surface area contributed by atoms with E-state index >= 15 is 0 Å². The molecular formula is C15H29NO4. The lowest BCUT2D eigenvalue weighted by Crippen LogP contribution is -2.29. The summed E-state index contributed by atoms with van der Waals surface area (Å²) in [7, 11) is 0. The first-order valence-corrected chi connectivity index (χ1v) is 7.32. The van der Waals surface area contributed by atoms with E-state index in [-0.39, 0.29) is 30.5 Å². The second-order valence-electron chi connectivity index (χ2n) is 5.78. The van der Waals surface area contributed by atoms with Crippen LogP contribution in [0.3, 0.4) is 0 Å². The second-order valence-corrected chi connectivity index (χ2v) is 5.78. The van der Waals surface area contributed by atoms with Crippen LogP contribution < -0.4 is 5.32 Å². The highest BCUT2D eigenvalue weighted by Crippen LogP contribution is 2.15. The summed E-state index contributed by atoms with van der Waals surface area (Å²) in [5.74, 6) is 0.300. The largest absolute Gasteiger partial charge is 0.463 e. The summed E-state index contributed by atoms with van der Waals surface area (Å²) in [4.78, 5) is 22.7. The minimum atomic E-state index is -0.228. The van der Waals surface area contributed by atoms with Gasteiger partial charge in [-0.2, -0.15) is 0 Å². The Morgan fingerprint density at radius 3 is 2.25 bits per heavy atom. The normalized spacial score (nSPS) is 12.6. The van der Waals surface area contributed by atoms with E-state index in [1.165, 1.54) is 6.92 Å². The predicted octanol–water partition coefficient (Wildman–Crippen LogP) is 2.14. The molecule has 0 bridgehead atoms. The number of esters is 1. The lowest BCUT2D eigenvalue weighted by atomic mass is 9.94. The van der Waals surface area contributed by atoms with Crippen molar-refractivity contribution in [3.05, 3.63) is 0 Å². The third-order valence-electron chi connectivity index (χ3n) is 2.70. The summed E-state index contributed by atoms with van der Waals surface area (Å²) >= 11 is 0. The summed E-state index contributed by atoms with van der Waals surface area (Å²) in [6.45, 7) is 10.8. The number of hydrogen-bond acceptors (Lipinski definition) is 4. The molecule has 1 unspecified atom stereocenters. The van der Waals surface area contributed by atoms with E-state index in [0.29, 0.717) is 25.5 Å². The highest BCUT2D eigenvalue weighted by molar-refractivity contribution is 5.73. The zero-order valence-corrected chi connectivity index (χ0v) is 13.4. The van der Waals surface area contributed by atoms with E-state index in [9.17, 15) is 9.59 Å². The Morgan fingerprint density at radius 1 is 1.10 bits per heavy atom. The van der Waals surface area contributed by atoms with Gasteiger partial charge in [0.05, 0.1) is 19.1 Å². The zero-order chi connectivity index (χ0) is 15.5. The Kier molecular flexibility index (Phi) is 10.1. The number of amides is 1. The van der Waals surface area contributed by atoms with Crippen molar-refractivity contribution in [3.63, 3.8) is 0 Å². The van der Waals surface area contributed by atoms with Gasteiger partial charge in [0.25, 0.3) is 0 Å². The van der Waals surface area contributed by atoms with E-state index in [0.717, 1.165) is 6.42 Å². The van der Waals surface area contributed by atoms with Gasteiger partial charge in [0.2, 0.25) is 5.91 Å². The van der Waals surface area contributed by atoms with Crippen molar-refractivity contribution in [3.8, 4) is 0 Å². The molecule has 1 amide bonds. The minimum absolute atomic E-state index is 0.0718. The molecule has 0 aliphatic carbocycles. The van der Waals surface area contributed by atoms with E-state index in [1.807, 2.05) is 13.8 Å². The average molecular weight is 287 g/mol. The van der Waals surface area contributed by atoms with Crippen molar-refractivity contribution in [2.24, 2.45) is 11.8 Å². The van der Waals surface area contributed by atoms with Gasteiger partial charge in [0.1, 0.15) is 6.61 Å². The molecule has 0 saturated heterocycles. The monoisotopic (exact) mass is 287 g/mol. The molecule has 118 valence electrons. The van der Waals surface area contributed by atoms with Gasteiger partial charge in [0.15, 0.2) is 0 Å². The van der Waals surface area contributed by atoms with Crippen molar-refractivity contribution in [2.75, 3.05) is 19.8 Å².